The molecule has 3 aromatic rings. The monoisotopic (exact) mass is 525 g/mol. The average Bonchev–Trinajstić information content (AvgIpc) is 3.68. The third kappa shape index (κ3) is 8.01. The first-order valence-corrected chi connectivity index (χ1v) is 12.9. The first-order valence-electron chi connectivity index (χ1n) is 12.9. The largest absolute Gasteiger partial charge is 0.496 e. The molecule has 1 aromatic heterocycles. The summed E-state index contributed by atoms with van der Waals surface area (Å²) in [6.07, 6.45) is 5.91. The molecule has 2 aromatic carbocycles. The molecule has 7 heteroatoms. The SMILES string of the molecule is CCCN(CCCCNC(=O)c1ccc(-c2ccccn2)cc1)CC1CC1c1cc(F)ccc1OC.Cl. The molecule has 1 N–H and O–H groups in total. The number of rotatable bonds is 13. The molecule has 4 rings (SSSR count). The Morgan fingerprint density at radius 3 is 2.62 bits per heavy atom. The lowest BCUT2D eigenvalue weighted by Crippen LogP contribution is -2.29. The smallest absolute Gasteiger partial charge is 0.251 e. The Hall–Kier alpha value is -2.96. The molecule has 0 radical (unpaired) electrons. The van der Waals surface area contributed by atoms with Gasteiger partial charge in [0.1, 0.15) is 11.6 Å². The number of nitrogens with one attached hydrogen (secondary N) is 1. The van der Waals surface area contributed by atoms with Gasteiger partial charge < -0.3 is 15.0 Å². The van der Waals surface area contributed by atoms with Gasteiger partial charge >= 0.3 is 0 Å². The number of carbonyl (C=O) groups excluding carboxylic acids is 1. The number of hydrogen-bond donors (Lipinski definition) is 1. The fourth-order valence-corrected chi connectivity index (χ4v) is 4.86. The number of aromatic nitrogens is 1. The summed E-state index contributed by atoms with van der Waals surface area (Å²) < 4.78 is 19.2. The predicted octanol–water partition coefficient (Wildman–Crippen LogP) is 6.34. The van der Waals surface area contributed by atoms with Crippen LogP contribution in [0.4, 0.5) is 4.39 Å². The van der Waals surface area contributed by atoms with Crippen molar-refractivity contribution in [1.82, 2.24) is 15.2 Å². The molecule has 2 unspecified atom stereocenters. The highest BCUT2D eigenvalue weighted by molar-refractivity contribution is 5.94. The molecule has 1 heterocycles. The Morgan fingerprint density at radius 2 is 1.92 bits per heavy atom. The first-order chi connectivity index (χ1) is 17.6. The van der Waals surface area contributed by atoms with Crippen molar-refractivity contribution < 1.29 is 13.9 Å². The van der Waals surface area contributed by atoms with Gasteiger partial charge in [0.05, 0.1) is 12.8 Å². The fourth-order valence-electron chi connectivity index (χ4n) is 4.86. The molecule has 1 aliphatic rings. The van der Waals surface area contributed by atoms with Crippen LogP contribution in [0.1, 0.15) is 54.4 Å². The van der Waals surface area contributed by atoms with E-state index in [0.29, 0.717) is 23.9 Å². The number of ether oxygens (including phenoxy) is 1. The van der Waals surface area contributed by atoms with Crippen LogP contribution in [0.2, 0.25) is 0 Å². The van der Waals surface area contributed by atoms with Crippen molar-refractivity contribution in [3.8, 4) is 17.0 Å². The summed E-state index contributed by atoms with van der Waals surface area (Å²) in [4.78, 5) is 19.4. The van der Waals surface area contributed by atoms with Crippen LogP contribution in [0.3, 0.4) is 0 Å². The van der Waals surface area contributed by atoms with Crippen molar-refractivity contribution in [1.29, 1.82) is 0 Å². The molecule has 1 aliphatic carbocycles. The number of carbonyl (C=O) groups is 1. The molecule has 0 spiro atoms. The van der Waals surface area contributed by atoms with Gasteiger partial charge in [-0.25, -0.2) is 4.39 Å². The van der Waals surface area contributed by atoms with Gasteiger partial charge in [-0.3, -0.25) is 9.78 Å². The normalized spacial score (nSPS) is 16.2. The fraction of sp³-hybridized carbons (Fsp3) is 0.400. The van der Waals surface area contributed by atoms with Crippen LogP contribution in [-0.4, -0.2) is 49.1 Å². The number of unbranched alkanes of at least 4 members (excludes halogenated alkanes) is 1. The molecule has 1 saturated carbocycles. The van der Waals surface area contributed by atoms with E-state index in [1.807, 2.05) is 42.5 Å². The van der Waals surface area contributed by atoms with Crippen LogP contribution in [-0.2, 0) is 0 Å². The predicted molar refractivity (Wildman–Crippen MR) is 149 cm³/mol. The second kappa shape index (κ2) is 14.1. The lowest BCUT2D eigenvalue weighted by atomic mass is 10.1. The number of amides is 1. The summed E-state index contributed by atoms with van der Waals surface area (Å²) in [5.74, 6) is 1.46. The zero-order chi connectivity index (χ0) is 25.3. The molecule has 0 saturated heterocycles. The van der Waals surface area contributed by atoms with E-state index in [2.05, 4.69) is 22.1 Å². The summed E-state index contributed by atoms with van der Waals surface area (Å²) in [6, 6.07) is 18.2. The van der Waals surface area contributed by atoms with Crippen molar-refractivity contribution in [2.45, 2.75) is 38.5 Å². The van der Waals surface area contributed by atoms with E-state index in [1.165, 1.54) is 6.07 Å². The van der Waals surface area contributed by atoms with Crippen LogP contribution in [0.15, 0.2) is 66.9 Å². The molecule has 37 heavy (non-hydrogen) atoms. The van der Waals surface area contributed by atoms with E-state index in [4.69, 9.17) is 4.74 Å². The maximum absolute atomic E-state index is 13.8. The summed E-state index contributed by atoms with van der Waals surface area (Å²) >= 11 is 0. The highest BCUT2D eigenvalue weighted by atomic mass is 35.5. The molecule has 0 aliphatic heterocycles. The van der Waals surface area contributed by atoms with Crippen LogP contribution in [0.5, 0.6) is 5.75 Å². The molecule has 5 nitrogen and oxygen atoms in total. The van der Waals surface area contributed by atoms with E-state index in [1.54, 1.807) is 25.4 Å². The van der Waals surface area contributed by atoms with Crippen molar-refractivity contribution >= 4 is 18.3 Å². The maximum atomic E-state index is 13.8. The van der Waals surface area contributed by atoms with Crippen LogP contribution < -0.4 is 10.1 Å². The van der Waals surface area contributed by atoms with Gasteiger partial charge in [-0.05, 0) is 93.1 Å². The highest BCUT2D eigenvalue weighted by Gasteiger charge is 2.40. The van der Waals surface area contributed by atoms with E-state index in [-0.39, 0.29) is 24.1 Å². The first kappa shape index (κ1) is 28.6. The molecule has 2 atom stereocenters. The third-order valence-corrected chi connectivity index (χ3v) is 6.84. The zero-order valence-electron chi connectivity index (χ0n) is 21.7. The van der Waals surface area contributed by atoms with Crippen molar-refractivity contribution in [3.05, 3.63) is 83.8 Å². The van der Waals surface area contributed by atoms with E-state index >= 15 is 0 Å². The minimum atomic E-state index is -0.201. The Bertz CT molecular complexity index is 1130. The Kier molecular flexibility index (Phi) is 10.9. The summed E-state index contributed by atoms with van der Waals surface area (Å²) in [6.45, 7) is 5.94. The standard InChI is InChI=1S/C30H36FN3O2.ClH/c1-3-17-34(21-24-19-26(24)27-20-25(31)13-14-29(27)36-2)18-7-6-16-33-30(35)23-11-9-22(10-12-23)28-8-4-5-15-32-28;/h4-5,8-15,20,24,26H,3,6-7,16-19,21H2,1-2H3,(H,33,35);1H. The highest BCUT2D eigenvalue weighted by Crippen LogP contribution is 2.50. The lowest BCUT2D eigenvalue weighted by molar-refractivity contribution is 0.0952. The average molecular weight is 526 g/mol. The summed E-state index contributed by atoms with van der Waals surface area (Å²) in [7, 11) is 1.65. The van der Waals surface area contributed by atoms with Gasteiger partial charge in [0.2, 0.25) is 0 Å². The minimum absolute atomic E-state index is 0. The maximum Gasteiger partial charge on any atom is 0.251 e. The molecule has 0 bridgehead atoms. The van der Waals surface area contributed by atoms with Crippen LogP contribution in [0.25, 0.3) is 11.3 Å². The van der Waals surface area contributed by atoms with Gasteiger partial charge in [-0.2, -0.15) is 0 Å². The summed E-state index contributed by atoms with van der Waals surface area (Å²) in [5, 5.41) is 3.04. The number of methoxy groups -OCH3 is 1. The van der Waals surface area contributed by atoms with Crippen molar-refractivity contribution in [2.24, 2.45) is 5.92 Å². The Morgan fingerprint density at radius 1 is 1.11 bits per heavy atom. The van der Waals surface area contributed by atoms with Gasteiger partial charge in [0.25, 0.3) is 5.91 Å². The number of benzene rings is 2. The number of hydrogen-bond acceptors (Lipinski definition) is 4. The molecular weight excluding hydrogens is 489 g/mol. The third-order valence-electron chi connectivity index (χ3n) is 6.84. The van der Waals surface area contributed by atoms with Crippen molar-refractivity contribution in [3.63, 3.8) is 0 Å². The van der Waals surface area contributed by atoms with Crippen LogP contribution in [0, 0.1) is 11.7 Å². The van der Waals surface area contributed by atoms with Crippen molar-refractivity contribution in [2.75, 3.05) is 33.3 Å². The topological polar surface area (TPSA) is 54.5 Å². The Balaban J connectivity index is 0.00000380. The zero-order valence-corrected chi connectivity index (χ0v) is 22.5. The molecular formula is C30H37ClFN3O2. The molecule has 1 fully saturated rings. The Labute approximate surface area is 225 Å². The molecule has 1 amide bonds. The van der Waals surface area contributed by atoms with Gasteiger partial charge in [-0.1, -0.05) is 25.1 Å². The van der Waals surface area contributed by atoms with E-state index in [0.717, 1.165) is 67.9 Å². The van der Waals surface area contributed by atoms with Gasteiger partial charge in [-0.15, -0.1) is 12.4 Å². The lowest BCUT2D eigenvalue weighted by Gasteiger charge is -2.22. The second-order valence-corrected chi connectivity index (χ2v) is 9.54. The van der Waals surface area contributed by atoms with Gasteiger partial charge in [0, 0.05) is 36.0 Å². The van der Waals surface area contributed by atoms with E-state index in [9.17, 15) is 9.18 Å². The minimum Gasteiger partial charge on any atom is -0.496 e. The quantitative estimate of drug-likeness (QED) is 0.264. The number of halogens is 2. The van der Waals surface area contributed by atoms with Gasteiger partial charge in [0.15, 0.2) is 0 Å². The number of pyridine rings is 1. The van der Waals surface area contributed by atoms with E-state index < -0.39 is 0 Å². The summed E-state index contributed by atoms with van der Waals surface area (Å²) in [5.41, 5.74) is 3.55. The van der Waals surface area contributed by atoms with Crippen LogP contribution >= 0.6 is 12.4 Å². The second-order valence-electron chi connectivity index (χ2n) is 9.54. The molecule has 198 valence electrons. The number of nitrogens with zero attached hydrogens (tertiary/aromatic N) is 2.